The molecule has 126 valence electrons. The van der Waals surface area contributed by atoms with Gasteiger partial charge >= 0.3 is 0 Å². The largest absolute Gasteiger partial charge is 0.369 e. The molecule has 0 radical (unpaired) electrons. The number of primary amides is 1. The number of hydrogen-bond donors (Lipinski definition) is 1. The number of benzene rings is 1. The molecule has 0 bridgehead atoms. The number of likely N-dealkylation sites (tertiary alicyclic amines) is 1. The lowest BCUT2D eigenvalue weighted by molar-refractivity contribution is -0.132. The normalized spacial score (nSPS) is 19.4. The van der Waals surface area contributed by atoms with Crippen molar-refractivity contribution >= 4 is 22.6 Å². The van der Waals surface area contributed by atoms with E-state index in [1.54, 1.807) is 4.90 Å². The third kappa shape index (κ3) is 4.89. The minimum absolute atomic E-state index is 0.00158. The highest BCUT2D eigenvalue weighted by atomic mass is 32.2. The molecule has 1 aromatic carbocycles. The molecule has 5 nitrogen and oxygen atoms in total. The lowest BCUT2D eigenvalue weighted by atomic mass is 9.97. The van der Waals surface area contributed by atoms with Crippen molar-refractivity contribution in [3.05, 3.63) is 34.9 Å². The molecule has 0 aromatic heterocycles. The van der Waals surface area contributed by atoms with Gasteiger partial charge in [0.2, 0.25) is 11.8 Å². The van der Waals surface area contributed by atoms with Gasteiger partial charge in [-0.15, -0.1) is 0 Å². The summed E-state index contributed by atoms with van der Waals surface area (Å²) < 4.78 is 12.2. The number of nitrogens with two attached hydrogens (primary N) is 1. The number of nitrogens with zero attached hydrogens (tertiary/aromatic N) is 1. The smallest absolute Gasteiger partial charge is 0.235 e. The number of carbonyl (C=O) groups excluding carboxylic acids is 2. The summed E-state index contributed by atoms with van der Waals surface area (Å²) in [5.74, 6) is -0.420. The molecule has 2 rings (SSSR count). The van der Waals surface area contributed by atoms with Crippen LogP contribution in [0.25, 0.3) is 0 Å². The van der Waals surface area contributed by atoms with Crippen molar-refractivity contribution < 1.29 is 13.8 Å². The Morgan fingerprint density at radius 3 is 2.70 bits per heavy atom. The first-order chi connectivity index (χ1) is 10.9. The van der Waals surface area contributed by atoms with Crippen molar-refractivity contribution in [3.8, 4) is 0 Å². The number of carbonyl (C=O) groups is 2. The second-order valence-corrected chi connectivity index (χ2v) is 7.69. The summed E-state index contributed by atoms with van der Waals surface area (Å²) in [7, 11) is -1.25. The monoisotopic (exact) mass is 336 g/mol. The van der Waals surface area contributed by atoms with Crippen molar-refractivity contribution in [3.63, 3.8) is 0 Å². The standard InChI is InChI=1S/C17H24N2O3S/c1-12-5-6-14(8-13(12)2)10-23(22)11-16(20)19-7-3-4-15(9-19)17(18)21/h5-6,8,15H,3-4,7,9-11H2,1-2H3,(H2,18,21)/t15-,23+/m0/s1. The SMILES string of the molecule is Cc1ccc(C[S@@](=O)CC(=O)N2CCC[C@H](C(N)=O)C2)cc1C. The molecule has 2 N–H and O–H groups in total. The van der Waals surface area contributed by atoms with Gasteiger partial charge in [-0.2, -0.15) is 0 Å². The van der Waals surface area contributed by atoms with E-state index in [2.05, 4.69) is 0 Å². The van der Waals surface area contributed by atoms with Crippen molar-refractivity contribution in [2.24, 2.45) is 11.7 Å². The van der Waals surface area contributed by atoms with Crippen molar-refractivity contribution in [2.75, 3.05) is 18.8 Å². The molecule has 0 unspecified atom stereocenters. The minimum atomic E-state index is -1.25. The van der Waals surface area contributed by atoms with Gasteiger partial charge in [0, 0.05) is 29.6 Å². The minimum Gasteiger partial charge on any atom is -0.369 e. The van der Waals surface area contributed by atoms with E-state index < -0.39 is 10.8 Å². The van der Waals surface area contributed by atoms with Gasteiger partial charge in [0.25, 0.3) is 0 Å². The maximum Gasteiger partial charge on any atom is 0.235 e. The van der Waals surface area contributed by atoms with Crippen molar-refractivity contribution in [2.45, 2.75) is 32.4 Å². The molecule has 1 aliphatic heterocycles. The van der Waals surface area contributed by atoms with Crippen LogP contribution in [0.2, 0.25) is 0 Å². The first-order valence-corrected chi connectivity index (χ1v) is 9.34. The number of rotatable bonds is 5. The second kappa shape index (κ2) is 7.73. The number of hydrogen-bond acceptors (Lipinski definition) is 3. The zero-order valence-corrected chi connectivity index (χ0v) is 14.5. The summed E-state index contributed by atoms with van der Waals surface area (Å²) in [4.78, 5) is 25.2. The van der Waals surface area contributed by atoms with Crippen LogP contribution in [0.1, 0.15) is 29.5 Å². The lowest BCUT2D eigenvalue weighted by Gasteiger charge is -2.31. The molecular formula is C17H24N2O3S. The second-order valence-electron chi connectivity index (χ2n) is 6.23. The summed E-state index contributed by atoms with van der Waals surface area (Å²) in [5, 5.41) is 0. The number of aryl methyl sites for hydroxylation is 2. The molecular weight excluding hydrogens is 312 g/mol. The molecule has 1 saturated heterocycles. The van der Waals surface area contributed by atoms with Gasteiger partial charge in [-0.05, 0) is 43.4 Å². The van der Waals surface area contributed by atoms with Crippen LogP contribution in [0.4, 0.5) is 0 Å². The lowest BCUT2D eigenvalue weighted by Crippen LogP contribution is -2.45. The predicted octanol–water partition coefficient (Wildman–Crippen LogP) is 1.28. The molecule has 0 aliphatic carbocycles. The Balaban J connectivity index is 1.90. The average molecular weight is 336 g/mol. The highest BCUT2D eigenvalue weighted by Crippen LogP contribution is 2.17. The first-order valence-electron chi connectivity index (χ1n) is 7.85. The Morgan fingerprint density at radius 1 is 1.30 bits per heavy atom. The number of amides is 2. The molecule has 2 amide bonds. The quantitative estimate of drug-likeness (QED) is 0.879. The van der Waals surface area contributed by atoms with Crippen molar-refractivity contribution in [1.82, 2.24) is 4.90 Å². The van der Waals surface area contributed by atoms with E-state index in [0.717, 1.165) is 24.0 Å². The summed E-state index contributed by atoms with van der Waals surface area (Å²) in [6.45, 7) is 5.02. The molecule has 6 heteroatoms. The molecule has 2 atom stereocenters. The Kier molecular flexibility index (Phi) is 5.93. The van der Waals surface area contributed by atoms with E-state index in [9.17, 15) is 13.8 Å². The van der Waals surface area contributed by atoms with E-state index in [-0.39, 0.29) is 23.5 Å². The van der Waals surface area contributed by atoms with E-state index in [4.69, 9.17) is 5.73 Å². The Morgan fingerprint density at radius 2 is 2.04 bits per heavy atom. The third-order valence-corrected chi connectivity index (χ3v) is 5.58. The third-order valence-electron chi connectivity index (χ3n) is 4.36. The van der Waals surface area contributed by atoms with E-state index >= 15 is 0 Å². The molecule has 0 spiro atoms. The van der Waals surface area contributed by atoms with E-state index in [0.29, 0.717) is 18.8 Å². The van der Waals surface area contributed by atoms with Crippen LogP contribution in [0.5, 0.6) is 0 Å². The van der Waals surface area contributed by atoms with Gasteiger partial charge in [0.15, 0.2) is 0 Å². The zero-order valence-electron chi connectivity index (χ0n) is 13.7. The van der Waals surface area contributed by atoms with Crippen LogP contribution in [0.3, 0.4) is 0 Å². The molecule has 1 heterocycles. The van der Waals surface area contributed by atoms with Crippen LogP contribution in [-0.2, 0) is 26.1 Å². The average Bonchev–Trinajstić information content (AvgIpc) is 2.51. The van der Waals surface area contributed by atoms with Gasteiger partial charge in [-0.1, -0.05) is 18.2 Å². The van der Waals surface area contributed by atoms with Gasteiger partial charge in [0.1, 0.15) is 5.75 Å². The maximum absolute atomic E-state index is 12.3. The summed E-state index contributed by atoms with van der Waals surface area (Å²) in [6.07, 6.45) is 1.49. The molecule has 1 aliphatic rings. The van der Waals surface area contributed by atoms with Gasteiger partial charge in [0.05, 0.1) is 5.92 Å². The van der Waals surface area contributed by atoms with Gasteiger partial charge < -0.3 is 10.6 Å². The van der Waals surface area contributed by atoms with Crippen LogP contribution < -0.4 is 5.73 Å². The van der Waals surface area contributed by atoms with Crippen LogP contribution in [0.15, 0.2) is 18.2 Å². The predicted molar refractivity (Wildman–Crippen MR) is 91.1 cm³/mol. The van der Waals surface area contributed by atoms with E-state index in [1.807, 2.05) is 32.0 Å². The topological polar surface area (TPSA) is 80.5 Å². The van der Waals surface area contributed by atoms with Crippen LogP contribution in [-0.4, -0.2) is 39.8 Å². The maximum atomic E-state index is 12.3. The van der Waals surface area contributed by atoms with Gasteiger partial charge in [-0.3, -0.25) is 13.8 Å². The fourth-order valence-corrected chi connectivity index (χ4v) is 3.91. The van der Waals surface area contributed by atoms with E-state index in [1.165, 1.54) is 5.56 Å². The zero-order chi connectivity index (χ0) is 17.0. The first kappa shape index (κ1) is 17.7. The molecule has 0 saturated carbocycles. The molecule has 23 heavy (non-hydrogen) atoms. The van der Waals surface area contributed by atoms with Crippen LogP contribution in [0, 0.1) is 19.8 Å². The fourth-order valence-electron chi connectivity index (χ4n) is 2.80. The molecule has 1 fully saturated rings. The Hall–Kier alpha value is -1.69. The van der Waals surface area contributed by atoms with Crippen molar-refractivity contribution in [1.29, 1.82) is 0 Å². The summed E-state index contributed by atoms with van der Waals surface area (Å²) >= 11 is 0. The van der Waals surface area contributed by atoms with Gasteiger partial charge in [-0.25, -0.2) is 0 Å². The highest BCUT2D eigenvalue weighted by Gasteiger charge is 2.27. The highest BCUT2D eigenvalue weighted by molar-refractivity contribution is 7.84. The number of piperidine rings is 1. The van der Waals surface area contributed by atoms with Crippen LogP contribution >= 0.6 is 0 Å². The fraction of sp³-hybridized carbons (Fsp3) is 0.529. The Bertz CT molecular complexity index is 630. The Labute approximate surface area is 139 Å². The summed E-state index contributed by atoms with van der Waals surface area (Å²) in [6, 6.07) is 5.97. The molecule has 1 aromatic rings. The summed E-state index contributed by atoms with van der Waals surface area (Å²) in [5.41, 5.74) is 8.66.